The molecule has 1 aliphatic rings. The lowest BCUT2D eigenvalue weighted by Gasteiger charge is -2.27. The molecule has 1 unspecified atom stereocenters. The summed E-state index contributed by atoms with van der Waals surface area (Å²) in [6.07, 6.45) is 7.86. The minimum absolute atomic E-state index is 0.535. The molecule has 0 bridgehead atoms. The predicted molar refractivity (Wildman–Crippen MR) is 68.6 cm³/mol. The van der Waals surface area contributed by atoms with Gasteiger partial charge < -0.3 is 10.1 Å². The van der Waals surface area contributed by atoms with E-state index in [2.05, 4.69) is 30.3 Å². The van der Waals surface area contributed by atoms with Gasteiger partial charge >= 0.3 is 0 Å². The summed E-state index contributed by atoms with van der Waals surface area (Å²) < 4.78 is 5.67. The molecule has 1 atom stereocenters. The molecule has 0 spiro atoms. The molecule has 0 saturated heterocycles. The highest BCUT2D eigenvalue weighted by Gasteiger charge is 2.32. The molecule has 0 aromatic carbocycles. The lowest BCUT2D eigenvalue weighted by Crippen LogP contribution is -2.37. The number of nitrogens with one attached hydrogen (secondary N) is 1. The second-order valence-corrected chi connectivity index (χ2v) is 6.06. The Morgan fingerprint density at radius 2 is 2.07 bits per heavy atom. The molecule has 3 heteroatoms. The average molecular weight is 231 g/mol. The lowest BCUT2D eigenvalue weighted by atomic mass is 10.1. The number of hydrogen-bond acceptors (Lipinski definition) is 3. The molecular formula is C12H25NOS. The smallest absolute Gasteiger partial charge is 0.0499 e. The summed E-state index contributed by atoms with van der Waals surface area (Å²) in [4.78, 5) is 0. The second-order valence-electron chi connectivity index (χ2n) is 4.79. The summed E-state index contributed by atoms with van der Waals surface area (Å²) >= 11 is 2.05. The van der Waals surface area contributed by atoms with E-state index in [4.69, 9.17) is 4.74 Å². The molecule has 0 aromatic rings. The Hall–Kier alpha value is 0.270. The molecule has 1 saturated carbocycles. The van der Waals surface area contributed by atoms with Crippen molar-refractivity contribution in [2.75, 3.05) is 33.1 Å². The zero-order chi connectivity index (χ0) is 11.1. The van der Waals surface area contributed by atoms with Crippen LogP contribution in [0.15, 0.2) is 0 Å². The van der Waals surface area contributed by atoms with Gasteiger partial charge in [0.2, 0.25) is 0 Å². The van der Waals surface area contributed by atoms with Crippen LogP contribution in [-0.4, -0.2) is 37.8 Å². The standard InChI is InChI=1S/C12H25NOS/c1-11(9-14-2)8-13-10-12(15-3)6-4-5-7-12/h11,13H,4-10H2,1-3H3. The summed E-state index contributed by atoms with van der Waals surface area (Å²) in [7, 11) is 1.77. The molecular weight excluding hydrogens is 206 g/mol. The maximum absolute atomic E-state index is 5.13. The first kappa shape index (κ1) is 13.3. The van der Waals surface area contributed by atoms with Gasteiger partial charge in [-0.2, -0.15) is 11.8 Å². The van der Waals surface area contributed by atoms with Crippen LogP contribution in [0.1, 0.15) is 32.6 Å². The van der Waals surface area contributed by atoms with Crippen LogP contribution < -0.4 is 5.32 Å². The number of ether oxygens (including phenoxy) is 1. The fourth-order valence-electron chi connectivity index (χ4n) is 2.36. The molecule has 1 rings (SSSR count). The van der Waals surface area contributed by atoms with Crippen molar-refractivity contribution in [1.29, 1.82) is 0 Å². The Kier molecular flexibility index (Phi) is 6.02. The third-order valence-electron chi connectivity index (χ3n) is 3.34. The number of hydrogen-bond donors (Lipinski definition) is 1. The zero-order valence-electron chi connectivity index (χ0n) is 10.3. The van der Waals surface area contributed by atoms with E-state index in [9.17, 15) is 0 Å². The van der Waals surface area contributed by atoms with E-state index in [0.29, 0.717) is 10.7 Å². The van der Waals surface area contributed by atoms with Gasteiger partial charge in [-0.05, 0) is 31.6 Å². The minimum atomic E-state index is 0.535. The fourth-order valence-corrected chi connectivity index (χ4v) is 3.31. The summed E-state index contributed by atoms with van der Waals surface area (Å²) in [6.45, 7) is 5.34. The third kappa shape index (κ3) is 4.33. The molecule has 90 valence electrons. The highest BCUT2D eigenvalue weighted by Crippen LogP contribution is 2.39. The van der Waals surface area contributed by atoms with Crippen LogP contribution in [0.4, 0.5) is 0 Å². The minimum Gasteiger partial charge on any atom is -0.384 e. The van der Waals surface area contributed by atoms with Gasteiger partial charge in [0.15, 0.2) is 0 Å². The van der Waals surface area contributed by atoms with Crippen molar-refractivity contribution in [2.24, 2.45) is 5.92 Å². The van der Waals surface area contributed by atoms with Gasteiger partial charge in [-0.15, -0.1) is 0 Å². The molecule has 0 heterocycles. The van der Waals surface area contributed by atoms with Gasteiger partial charge in [-0.3, -0.25) is 0 Å². The van der Waals surface area contributed by atoms with Gasteiger partial charge in [0.05, 0.1) is 0 Å². The fraction of sp³-hybridized carbons (Fsp3) is 1.00. The van der Waals surface area contributed by atoms with E-state index in [-0.39, 0.29) is 0 Å². The Balaban J connectivity index is 2.17. The zero-order valence-corrected chi connectivity index (χ0v) is 11.2. The molecule has 2 nitrogen and oxygen atoms in total. The van der Waals surface area contributed by atoms with Crippen molar-refractivity contribution in [3.8, 4) is 0 Å². The molecule has 0 aromatic heterocycles. The van der Waals surface area contributed by atoms with Crippen molar-refractivity contribution in [2.45, 2.75) is 37.4 Å². The molecule has 0 amide bonds. The summed E-state index contributed by atoms with van der Waals surface area (Å²) in [6, 6.07) is 0. The van der Waals surface area contributed by atoms with Crippen molar-refractivity contribution in [1.82, 2.24) is 5.32 Å². The first-order chi connectivity index (χ1) is 7.22. The maximum atomic E-state index is 5.13. The van der Waals surface area contributed by atoms with E-state index in [1.807, 2.05) is 0 Å². The van der Waals surface area contributed by atoms with Crippen LogP contribution in [0.3, 0.4) is 0 Å². The Morgan fingerprint density at radius 3 is 2.60 bits per heavy atom. The topological polar surface area (TPSA) is 21.3 Å². The molecule has 1 fully saturated rings. The molecule has 1 aliphatic carbocycles. The van der Waals surface area contributed by atoms with Gasteiger partial charge in [-0.1, -0.05) is 19.8 Å². The van der Waals surface area contributed by atoms with Gasteiger partial charge in [-0.25, -0.2) is 0 Å². The van der Waals surface area contributed by atoms with E-state index in [0.717, 1.165) is 13.2 Å². The highest BCUT2D eigenvalue weighted by atomic mass is 32.2. The van der Waals surface area contributed by atoms with Crippen molar-refractivity contribution in [3.63, 3.8) is 0 Å². The van der Waals surface area contributed by atoms with Gasteiger partial charge in [0.25, 0.3) is 0 Å². The van der Waals surface area contributed by atoms with Gasteiger partial charge in [0, 0.05) is 25.0 Å². The Morgan fingerprint density at radius 1 is 1.40 bits per heavy atom. The monoisotopic (exact) mass is 231 g/mol. The number of thioether (sulfide) groups is 1. The lowest BCUT2D eigenvalue weighted by molar-refractivity contribution is 0.158. The molecule has 1 N–H and O–H groups in total. The van der Waals surface area contributed by atoms with E-state index in [1.165, 1.54) is 32.2 Å². The van der Waals surface area contributed by atoms with Crippen LogP contribution in [-0.2, 0) is 4.74 Å². The largest absolute Gasteiger partial charge is 0.384 e. The SMILES string of the molecule is COCC(C)CNCC1(SC)CCCC1. The van der Waals surface area contributed by atoms with Gasteiger partial charge in [0.1, 0.15) is 0 Å². The summed E-state index contributed by atoms with van der Waals surface area (Å²) in [5.74, 6) is 0.621. The maximum Gasteiger partial charge on any atom is 0.0499 e. The first-order valence-corrected chi connectivity index (χ1v) is 7.20. The summed E-state index contributed by atoms with van der Waals surface area (Å²) in [5, 5.41) is 3.60. The molecule has 0 aliphatic heterocycles. The number of rotatable bonds is 7. The Bertz CT molecular complexity index is 169. The molecule has 0 radical (unpaired) electrons. The summed E-state index contributed by atoms with van der Waals surface area (Å²) in [5.41, 5.74) is 0. The highest BCUT2D eigenvalue weighted by molar-refractivity contribution is 8.00. The van der Waals surface area contributed by atoms with Crippen molar-refractivity contribution < 1.29 is 4.74 Å². The van der Waals surface area contributed by atoms with Crippen LogP contribution in [0.25, 0.3) is 0 Å². The van der Waals surface area contributed by atoms with Crippen LogP contribution in [0.5, 0.6) is 0 Å². The third-order valence-corrected chi connectivity index (χ3v) is 4.76. The molecule has 15 heavy (non-hydrogen) atoms. The quantitative estimate of drug-likeness (QED) is 0.727. The predicted octanol–water partition coefficient (Wildman–Crippen LogP) is 2.53. The number of methoxy groups -OCH3 is 1. The van der Waals surface area contributed by atoms with Crippen molar-refractivity contribution in [3.05, 3.63) is 0 Å². The average Bonchev–Trinajstić information content (AvgIpc) is 2.68. The van der Waals surface area contributed by atoms with E-state index < -0.39 is 0 Å². The van der Waals surface area contributed by atoms with Crippen LogP contribution >= 0.6 is 11.8 Å². The van der Waals surface area contributed by atoms with E-state index >= 15 is 0 Å². The normalized spacial score (nSPS) is 21.8. The van der Waals surface area contributed by atoms with Crippen LogP contribution in [0, 0.1) is 5.92 Å². The van der Waals surface area contributed by atoms with E-state index in [1.54, 1.807) is 7.11 Å². The second kappa shape index (κ2) is 6.77. The first-order valence-electron chi connectivity index (χ1n) is 5.97. The van der Waals surface area contributed by atoms with Crippen LogP contribution in [0.2, 0.25) is 0 Å². The Labute approximate surface area is 98.5 Å². The van der Waals surface area contributed by atoms with Crippen molar-refractivity contribution >= 4 is 11.8 Å².